The zero-order chi connectivity index (χ0) is 15.7. The number of fused-ring (bicyclic) bond motifs is 1. The van der Waals surface area contributed by atoms with Crippen molar-refractivity contribution in [3.8, 4) is 0 Å². The highest BCUT2D eigenvalue weighted by molar-refractivity contribution is 5.74. The maximum absolute atomic E-state index is 12.2. The molecule has 8 heteroatoms. The average Bonchev–Trinajstić information content (AvgIpc) is 2.89. The summed E-state index contributed by atoms with van der Waals surface area (Å²) in [5.74, 6) is 0.0945. The average molecular weight is 305 g/mol. The van der Waals surface area contributed by atoms with Crippen LogP contribution in [0.5, 0.6) is 0 Å². The van der Waals surface area contributed by atoms with Crippen molar-refractivity contribution in [2.24, 2.45) is 13.0 Å². The number of nitrogens with zero attached hydrogens (tertiary/aromatic N) is 4. The molecule has 2 aromatic heterocycles. The molecule has 0 bridgehead atoms. The van der Waals surface area contributed by atoms with Crippen LogP contribution in [0.15, 0.2) is 11.1 Å². The van der Waals surface area contributed by atoms with Crippen LogP contribution in [0, 0.1) is 5.92 Å². The minimum absolute atomic E-state index is 0.182. The number of aryl methyl sites for hydroxylation is 1. The van der Waals surface area contributed by atoms with E-state index in [4.69, 9.17) is 4.74 Å². The Kier molecular flexibility index (Phi) is 3.82. The molecule has 1 aliphatic rings. The molecule has 1 saturated heterocycles. The first-order chi connectivity index (χ1) is 10.6. The van der Waals surface area contributed by atoms with E-state index in [9.17, 15) is 9.59 Å². The second-order valence-corrected chi connectivity index (χ2v) is 5.45. The molecule has 3 heterocycles. The third-order valence-electron chi connectivity index (χ3n) is 3.91. The van der Waals surface area contributed by atoms with E-state index < -0.39 is 0 Å². The Labute approximate surface area is 127 Å². The molecule has 0 saturated carbocycles. The number of imidazole rings is 1. The Hall–Kier alpha value is -2.38. The first-order valence-electron chi connectivity index (χ1n) is 7.43. The normalized spacial score (nSPS) is 18.6. The van der Waals surface area contributed by atoms with Crippen LogP contribution >= 0.6 is 0 Å². The number of aromatic nitrogens is 4. The summed E-state index contributed by atoms with van der Waals surface area (Å²) >= 11 is 0. The summed E-state index contributed by atoms with van der Waals surface area (Å²) in [5.41, 5.74) is 0.639. The lowest BCUT2D eigenvalue weighted by Crippen LogP contribution is -2.41. The fourth-order valence-electron chi connectivity index (χ4n) is 2.82. The Morgan fingerprint density at radius 1 is 1.55 bits per heavy atom. The van der Waals surface area contributed by atoms with Gasteiger partial charge >= 0.3 is 5.97 Å². The largest absolute Gasteiger partial charge is 0.466 e. The zero-order valence-corrected chi connectivity index (χ0v) is 12.7. The molecule has 8 nitrogen and oxygen atoms in total. The number of piperidine rings is 1. The van der Waals surface area contributed by atoms with E-state index in [0.29, 0.717) is 30.3 Å². The molecule has 0 aliphatic carbocycles. The van der Waals surface area contributed by atoms with E-state index in [2.05, 4.69) is 15.0 Å². The molecule has 1 unspecified atom stereocenters. The lowest BCUT2D eigenvalue weighted by Gasteiger charge is -2.31. The topological polar surface area (TPSA) is 93.1 Å². The minimum atomic E-state index is -0.224. The van der Waals surface area contributed by atoms with E-state index in [1.807, 2.05) is 4.90 Å². The fraction of sp³-hybridized carbons (Fsp3) is 0.571. The molecule has 0 radical (unpaired) electrons. The van der Waals surface area contributed by atoms with Gasteiger partial charge in [-0.15, -0.1) is 0 Å². The molecule has 1 atom stereocenters. The molecule has 118 valence electrons. The monoisotopic (exact) mass is 305 g/mol. The van der Waals surface area contributed by atoms with Gasteiger partial charge in [0.05, 0.1) is 18.9 Å². The van der Waals surface area contributed by atoms with Crippen LogP contribution in [0.25, 0.3) is 11.2 Å². The number of aromatic amines is 1. The van der Waals surface area contributed by atoms with Crippen LogP contribution in [-0.2, 0) is 16.6 Å². The van der Waals surface area contributed by atoms with Gasteiger partial charge in [0, 0.05) is 20.1 Å². The van der Waals surface area contributed by atoms with E-state index in [1.54, 1.807) is 24.9 Å². The van der Waals surface area contributed by atoms with Crippen molar-refractivity contribution in [3.05, 3.63) is 16.7 Å². The van der Waals surface area contributed by atoms with Crippen molar-refractivity contribution in [1.29, 1.82) is 0 Å². The highest BCUT2D eigenvalue weighted by atomic mass is 16.5. The molecule has 1 aliphatic heterocycles. The van der Waals surface area contributed by atoms with Gasteiger partial charge in [0.2, 0.25) is 5.95 Å². The van der Waals surface area contributed by atoms with Gasteiger partial charge in [0.1, 0.15) is 0 Å². The molecule has 0 spiro atoms. The lowest BCUT2D eigenvalue weighted by molar-refractivity contribution is -0.148. The van der Waals surface area contributed by atoms with Crippen molar-refractivity contribution >= 4 is 23.1 Å². The van der Waals surface area contributed by atoms with Crippen LogP contribution in [0.4, 0.5) is 5.95 Å². The van der Waals surface area contributed by atoms with E-state index in [1.165, 1.54) is 0 Å². The summed E-state index contributed by atoms with van der Waals surface area (Å²) in [5, 5.41) is 0. The predicted molar refractivity (Wildman–Crippen MR) is 80.7 cm³/mol. The number of rotatable bonds is 3. The predicted octanol–water partition coefficient (Wildman–Crippen LogP) is 0.436. The lowest BCUT2D eigenvalue weighted by atomic mass is 9.98. The number of carbonyl (C=O) groups excluding carboxylic acids is 1. The van der Waals surface area contributed by atoms with Gasteiger partial charge < -0.3 is 14.2 Å². The maximum atomic E-state index is 12.2. The van der Waals surface area contributed by atoms with Gasteiger partial charge in [-0.2, -0.15) is 4.98 Å². The quantitative estimate of drug-likeness (QED) is 0.827. The smallest absolute Gasteiger partial charge is 0.310 e. The first kappa shape index (κ1) is 14.6. The van der Waals surface area contributed by atoms with Gasteiger partial charge in [0.15, 0.2) is 11.2 Å². The van der Waals surface area contributed by atoms with E-state index >= 15 is 0 Å². The number of hydrogen-bond donors (Lipinski definition) is 1. The molecular weight excluding hydrogens is 286 g/mol. The van der Waals surface area contributed by atoms with E-state index in [-0.39, 0.29) is 17.4 Å². The van der Waals surface area contributed by atoms with Crippen LogP contribution in [0.2, 0.25) is 0 Å². The SMILES string of the molecule is CCOC(=O)C1CCCN(c2nc3ncn(C)c3c(=O)[nH]2)C1. The molecule has 3 rings (SSSR count). The Morgan fingerprint density at radius 2 is 2.36 bits per heavy atom. The van der Waals surface area contributed by atoms with Gasteiger partial charge in [0.25, 0.3) is 5.56 Å². The molecule has 0 aromatic carbocycles. The summed E-state index contributed by atoms with van der Waals surface area (Å²) in [4.78, 5) is 37.3. The number of nitrogens with one attached hydrogen (secondary N) is 1. The van der Waals surface area contributed by atoms with Crippen molar-refractivity contribution in [2.75, 3.05) is 24.6 Å². The summed E-state index contributed by atoms with van der Waals surface area (Å²) < 4.78 is 6.73. The number of carbonyl (C=O) groups is 1. The second-order valence-electron chi connectivity index (χ2n) is 5.45. The third-order valence-corrected chi connectivity index (χ3v) is 3.91. The molecule has 2 aromatic rings. The number of anilines is 1. The Bertz CT molecular complexity index is 751. The minimum Gasteiger partial charge on any atom is -0.466 e. The zero-order valence-electron chi connectivity index (χ0n) is 12.7. The van der Waals surface area contributed by atoms with Crippen LogP contribution in [0.3, 0.4) is 0 Å². The molecule has 0 amide bonds. The van der Waals surface area contributed by atoms with Gasteiger partial charge in [-0.05, 0) is 19.8 Å². The first-order valence-corrected chi connectivity index (χ1v) is 7.43. The van der Waals surface area contributed by atoms with Gasteiger partial charge in [-0.25, -0.2) is 4.98 Å². The van der Waals surface area contributed by atoms with Crippen LogP contribution < -0.4 is 10.5 Å². The highest BCUT2D eigenvalue weighted by Crippen LogP contribution is 2.21. The fourth-order valence-corrected chi connectivity index (χ4v) is 2.82. The molecular formula is C14H19N5O3. The van der Waals surface area contributed by atoms with Crippen molar-refractivity contribution < 1.29 is 9.53 Å². The molecule has 1 N–H and O–H groups in total. The Morgan fingerprint density at radius 3 is 3.14 bits per heavy atom. The second kappa shape index (κ2) is 5.78. The Balaban J connectivity index is 1.87. The highest BCUT2D eigenvalue weighted by Gasteiger charge is 2.28. The number of esters is 1. The van der Waals surface area contributed by atoms with Crippen molar-refractivity contribution in [2.45, 2.75) is 19.8 Å². The van der Waals surface area contributed by atoms with Gasteiger partial charge in [-0.1, -0.05) is 0 Å². The summed E-state index contributed by atoms with van der Waals surface area (Å²) in [6, 6.07) is 0. The van der Waals surface area contributed by atoms with Crippen molar-refractivity contribution in [1.82, 2.24) is 19.5 Å². The summed E-state index contributed by atoms with van der Waals surface area (Å²) in [6.07, 6.45) is 3.22. The van der Waals surface area contributed by atoms with Crippen molar-refractivity contribution in [3.63, 3.8) is 0 Å². The number of hydrogen-bond acceptors (Lipinski definition) is 6. The standard InChI is InChI=1S/C14H19N5O3/c1-3-22-13(21)9-5-4-6-19(7-9)14-16-11-10(12(20)17-14)18(2)8-15-11/h8-9H,3-7H2,1-2H3,(H,16,17,20). The number of H-pyrrole nitrogens is 1. The van der Waals surface area contributed by atoms with Crippen LogP contribution in [0.1, 0.15) is 19.8 Å². The van der Waals surface area contributed by atoms with Gasteiger partial charge in [-0.3, -0.25) is 14.6 Å². The van der Waals surface area contributed by atoms with Crippen LogP contribution in [-0.4, -0.2) is 45.2 Å². The maximum Gasteiger partial charge on any atom is 0.310 e. The third kappa shape index (κ3) is 2.56. The number of ether oxygens (including phenoxy) is 1. The molecule has 22 heavy (non-hydrogen) atoms. The molecule has 1 fully saturated rings. The summed E-state index contributed by atoms with van der Waals surface area (Å²) in [7, 11) is 1.75. The van der Waals surface area contributed by atoms with E-state index in [0.717, 1.165) is 19.4 Å². The summed E-state index contributed by atoms with van der Waals surface area (Å²) in [6.45, 7) is 3.42.